The summed E-state index contributed by atoms with van der Waals surface area (Å²) in [6.45, 7) is 2.25. The van der Waals surface area contributed by atoms with Crippen LogP contribution in [0, 0.1) is 10.1 Å². The van der Waals surface area contributed by atoms with Gasteiger partial charge in [-0.25, -0.2) is 8.42 Å². The molecule has 0 atom stereocenters. The van der Waals surface area contributed by atoms with Crippen LogP contribution in [0.5, 0.6) is 0 Å². The third-order valence-electron chi connectivity index (χ3n) is 4.69. The Morgan fingerprint density at radius 1 is 1.14 bits per heavy atom. The molecule has 0 aromatic heterocycles. The van der Waals surface area contributed by atoms with Crippen molar-refractivity contribution in [3.05, 3.63) is 63.2 Å². The molecule has 2 aromatic rings. The van der Waals surface area contributed by atoms with Crippen molar-refractivity contribution in [2.45, 2.75) is 11.4 Å². The van der Waals surface area contributed by atoms with Gasteiger partial charge < -0.3 is 10.2 Å². The molecule has 0 amide bonds. The van der Waals surface area contributed by atoms with Crippen molar-refractivity contribution in [3.8, 4) is 0 Å². The van der Waals surface area contributed by atoms with Gasteiger partial charge in [-0.15, -0.1) is 0 Å². The highest BCUT2D eigenvalue weighted by Gasteiger charge is 2.29. The molecule has 1 heterocycles. The van der Waals surface area contributed by atoms with Gasteiger partial charge in [-0.2, -0.15) is 4.31 Å². The largest absolute Gasteiger partial charge is 0.375 e. The van der Waals surface area contributed by atoms with E-state index in [1.807, 2.05) is 24.1 Å². The van der Waals surface area contributed by atoms with Gasteiger partial charge in [0.15, 0.2) is 0 Å². The number of piperazine rings is 1. The molecule has 0 bridgehead atoms. The number of hydrogen-bond donors (Lipinski definition) is 1. The highest BCUT2D eigenvalue weighted by Crippen LogP contribution is 2.30. The van der Waals surface area contributed by atoms with E-state index in [1.54, 1.807) is 12.1 Å². The van der Waals surface area contributed by atoms with Crippen molar-refractivity contribution in [1.82, 2.24) is 9.21 Å². The normalized spacial score (nSPS) is 16.1. The summed E-state index contributed by atoms with van der Waals surface area (Å²) in [5.74, 6) is 0. The second kappa shape index (κ2) is 8.44. The van der Waals surface area contributed by atoms with Crippen LogP contribution in [-0.4, -0.2) is 55.8 Å². The van der Waals surface area contributed by atoms with E-state index in [9.17, 15) is 18.5 Å². The zero-order valence-electron chi connectivity index (χ0n) is 15.3. The van der Waals surface area contributed by atoms with E-state index in [2.05, 4.69) is 5.32 Å². The number of benzene rings is 2. The molecule has 3 rings (SSSR count). The Morgan fingerprint density at radius 3 is 2.46 bits per heavy atom. The predicted octanol–water partition coefficient (Wildman–Crippen LogP) is 2.80. The monoisotopic (exact) mass is 424 g/mol. The highest BCUT2D eigenvalue weighted by molar-refractivity contribution is 7.89. The molecule has 0 radical (unpaired) electrons. The number of hydrogen-bond acceptors (Lipinski definition) is 6. The molecule has 1 saturated heterocycles. The zero-order valence-corrected chi connectivity index (χ0v) is 16.9. The molecular formula is C18H21ClN4O4S. The van der Waals surface area contributed by atoms with E-state index < -0.39 is 14.9 Å². The van der Waals surface area contributed by atoms with E-state index in [0.717, 1.165) is 11.6 Å². The molecule has 0 unspecified atom stereocenters. The van der Waals surface area contributed by atoms with Gasteiger partial charge in [0, 0.05) is 43.8 Å². The Bertz CT molecular complexity index is 975. The lowest BCUT2D eigenvalue weighted by Gasteiger charge is -2.31. The molecule has 0 aliphatic carbocycles. The van der Waals surface area contributed by atoms with Crippen molar-refractivity contribution < 1.29 is 13.3 Å². The number of likely N-dealkylation sites (N-methyl/N-ethyl adjacent to an activating group) is 1. The maximum Gasteiger partial charge on any atom is 0.293 e. The number of rotatable bonds is 6. The summed E-state index contributed by atoms with van der Waals surface area (Å²) in [6, 6.07) is 11.1. The fraction of sp³-hybridized carbons (Fsp3) is 0.333. The average molecular weight is 425 g/mol. The third kappa shape index (κ3) is 4.44. The molecule has 1 fully saturated rings. The van der Waals surface area contributed by atoms with Crippen LogP contribution in [0.3, 0.4) is 0 Å². The van der Waals surface area contributed by atoms with Crippen molar-refractivity contribution in [2.75, 3.05) is 38.5 Å². The first-order valence-corrected chi connectivity index (χ1v) is 10.6. The summed E-state index contributed by atoms with van der Waals surface area (Å²) in [6.07, 6.45) is 0. The van der Waals surface area contributed by atoms with Crippen LogP contribution >= 0.6 is 11.6 Å². The molecule has 0 spiro atoms. The van der Waals surface area contributed by atoms with Gasteiger partial charge in [0.25, 0.3) is 5.69 Å². The van der Waals surface area contributed by atoms with Gasteiger partial charge >= 0.3 is 0 Å². The van der Waals surface area contributed by atoms with E-state index in [4.69, 9.17) is 11.6 Å². The standard InChI is InChI=1S/C18H21ClN4O4S/c1-21-8-10-22(11-9-21)28(26,27)15-6-7-17(18(12-15)23(24)25)20-13-14-4-2-3-5-16(14)19/h2-7,12,20H,8-11,13H2,1H3. The van der Waals surface area contributed by atoms with E-state index >= 15 is 0 Å². The maximum absolute atomic E-state index is 12.9. The number of nitro groups is 1. The van der Waals surface area contributed by atoms with Crippen molar-refractivity contribution in [1.29, 1.82) is 0 Å². The smallest absolute Gasteiger partial charge is 0.293 e. The van der Waals surface area contributed by atoms with Crippen LogP contribution in [0.4, 0.5) is 11.4 Å². The lowest BCUT2D eigenvalue weighted by Crippen LogP contribution is -2.47. The fourth-order valence-electron chi connectivity index (χ4n) is 2.98. The number of nitro benzene ring substituents is 1. The van der Waals surface area contributed by atoms with E-state index in [-0.39, 0.29) is 22.8 Å². The van der Waals surface area contributed by atoms with Gasteiger partial charge in [0.1, 0.15) is 5.69 Å². The van der Waals surface area contributed by atoms with Crippen LogP contribution < -0.4 is 5.32 Å². The molecule has 8 nitrogen and oxygen atoms in total. The van der Waals surface area contributed by atoms with Crippen LogP contribution in [-0.2, 0) is 16.6 Å². The summed E-state index contributed by atoms with van der Waals surface area (Å²) in [5.41, 5.74) is 0.733. The van der Waals surface area contributed by atoms with Gasteiger partial charge in [0.05, 0.1) is 9.82 Å². The SMILES string of the molecule is CN1CCN(S(=O)(=O)c2ccc(NCc3ccccc3Cl)c([N+](=O)[O-])c2)CC1. The number of nitrogens with zero attached hydrogens (tertiary/aromatic N) is 3. The highest BCUT2D eigenvalue weighted by atomic mass is 35.5. The molecule has 28 heavy (non-hydrogen) atoms. The number of nitrogens with one attached hydrogen (secondary N) is 1. The number of halogens is 1. The Labute approximate surface area is 168 Å². The molecule has 1 aliphatic heterocycles. The molecule has 150 valence electrons. The van der Waals surface area contributed by atoms with Crippen LogP contribution in [0.25, 0.3) is 0 Å². The van der Waals surface area contributed by atoms with Crippen LogP contribution in [0.2, 0.25) is 5.02 Å². The zero-order chi connectivity index (χ0) is 20.3. The Kier molecular flexibility index (Phi) is 6.19. The van der Waals surface area contributed by atoms with Crippen LogP contribution in [0.15, 0.2) is 47.4 Å². The second-order valence-electron chi connectivity index (χ2n) is 6.59. The van der Waals surface area contributed by atoms with Crippen molar-refractivity contribution in [3.63, 3.8) is 0 Å². The summed E-state index contributed by atoms with van der Waals surface area (Å²) in [7, 11) is -1.85. The Morgan fingerprint density at radius 2 is 1.82 bits per heavy atom. The number of sulfonamides is 1. The van der Waals surface area contributed by atoms with E-state index in [1.165, 1.54) is 16.4 Å². The molecule has 1 N–H and O–H groups in total. The first-order valence-electron chi connectivity index (χ1n) is 8.73. The lowest BCUT2D eigenvalue weighted by molar-refractivity contribution is -0.384. The second-order valence-corrected chi connectivity index (χ2v) is 8.93. The minimum atomic E-state index is -3.78. The van der Waals surface area contributed by atoms with Gasteiger partial charge in [-0.05, 0) is 30.8 Å². The van der Waals surface area contributed by atoms with Crippen molar-refractivity contribution in [2.24, 2.45) is 0 Å². The van der Waals surface area contributed by atoms with Gasteiger partial charge in [-0.3, -0.25) is 10.1 Å². The summed E-state index contributed by atoms with van der Waals surface area (Å²) < 4.78 is 27.1. The maximum atomic E-state index is 12.9. The fourth-order valence-corrected chi connectivity index (χ4v) is 4.63. The molecule has 0 saturated carbocycles. The predicted molar refractivity (Wildman–Crippen MR) is 108 cm³/mol. The summed E-state index contributed by atoms with van der Waals surface area (Å²) in [5, 5.41) is 15.0. The number of anilines is 1. The lowest BCUT2D eigenvalue weighted by atomic mass is 10.2. The summed E-state index contributed by atoms with van der Waals surface area (Å²) >= 11 is 6.11. The van der Waals surface area contributed by atoms with E-state index in [0.29, 0.717) is 31.2 Å². The molecule has 1 aliphatic rings. The minimum absolute atomic E-state index is 0.0768. The third-order valence-corrected chi connectivity index (χ3v) is 6.96. The molecule has 10 heteroatoms. The topological polar surface area (TPSA) is 95.8 Å². The summed E-state index contributed by atoms with van der Waals surface area (Å²) in [4.78, 5) is 12.9. The molecular weight excluding hydrogens is 404 g/mol. The minimum Gasteiger partial charge on any atom is -0.375 e. The first kappa shape index (κ1) is 20.5. The first-order chi connectivity index (χ1) is 13.3. The Balaban J connectivity index is 1.85. The average Bonchev–Trinajstić information content (AvgIpc) is 2.67. The Hall–Kier alpha value is -2.20. The van der Waals surface area contributed by atoms with Crippen LogP contribution in [0.1, 0.15) is 5.56 Å². The van der Waals surface area contributed by atoms with Gasteiger partial charge in [0.2, 0.25) is 10.0 Å². The van der Waals surface area contributed by atoms with Gasteiger partial charge in [-0.1, -0.05) is 29.8 Å². The van der Waals surface area contributed by atoms with Crippen molar-refractivity contribution >= 4 is 33.0 Å². The quantitative estimate of drug-likeness (QED) is 0.565. The molecule has 2 aromatic carbocycles.